The third-order valence-electron chi connectivity index (χ3n) is 4.24. The summed E-state index contributed by atoms with van der Waals surface area (Å²) >= 11 is 5.73. The average Bonchev–Trinajstić information content (AvgIpc) is 3.09. The molecule has 1 aromatic rings. The van der Waals surface area contributed by atoms with Crippen LogP contribution in [0.1, 0.15) is 12.8 Å². The first-order valence-corrected chi connectivity index (χ1v) is 7.47. The van der Waals surface area contributed by atoms with Crippen LogP contribution in [0.2, 0.25) is 5.02 Å². The Morgan fingerprint density at radius 3 is 2.86 bits per heavy atom. The van der Waals surface area contributed by atoms with Crippen LogP contribution in [0.4, 0.5) is 16.2 Å². The minimum Gasteiger partial charge on any atom is -0.449 e. The van der Waals surface area contributed by atoms with Gasteiger partial charge >= 0.3 is 6.09 Å². The molecule has 1 saturated carbocycles. The van der Waals surface area contributed by atoms with E-state index < -0.39 is 11.0 Å². The fraction of sp³-hybridized carbons (Fsp3) is 0.400. The molecule has 0 aliphatic heterocycles. The van der Waals surface area contributed by atoms with Crippen molar-refractivity contribution in [1.82, 2.24) is 0 Å². The van der Waals surface area contributed by atoms with Crippen LogP contribution in [0, 0.1) is 27.9 Å². The van der Waals surface area contributed by atoms with Gasteiger partial charge in [0.2, 0.25) is 0 Å². The number of carbonyl (C=O) groups is 1. The van der Waals surface area contributed by atoms with E-state index in [1.807, 2.05) is 0 Å². The number of amides is 1. The van der Waals surface area contributed by atoms with Crippen LogP contribution in [0.5, 0.6) is 0 Å². The van der Waals surface area contributed by atoms with Gasteiger partial charge in [0.15, 0.2) is 0 Å². The molecule has 1 fully saturated rings. The van der Waals surface area contributed by atoms with Gasteiger partial charge in [-0.1, -0.05) is 23.8 Å². The SMILES string of the molecule is O=C(Nc1ccc(Cl)cc1[N+](=O)[O-])OC[C@@H]1C[C@@H]2C=C[C@H]1C2. The standard InChI is InChI=1S/C15H15ClN2O4/c16-12-3-4-13(14(7-12)18(20)21)17-15(19)22-8-11-6-9-1-2-10(11)5-9/h1-4,7,9-11H,5-6,8H2,(H,17,19)/t9-,10+,11+/m1/s1. The van der Waals surface area contributed by atoms with Crippen LogP contribution in [-0.4, -0.2) is 17.6 Å². The molecule has 0 unspecified atom stereocenters. The van der Waals surface area contributed by atoms with Gasteiger partial charge < -0.3 is 4.74 Å². The highest BCUT2D eigenvalue weighted by molar-refractivity contribution is 6.31. The van der Waals surface area contributed by atoms with Gasteiger partial charge in [-0.3, -0.25) is 15.4 Å². The molecule has 0 radical (unpaired) electrons. The lowest BCUT2D eigenvalue weighted by atomic mass is 9.95. The molecule has 3 rings (SSSR count). The fourth-order valence-electron chi connectivity index (χ4n) is 3.18. The van der Waals surface area contributed by atoms with E-state index in [-0.39, 0.29) is 16.4 Å². The number of hydrogen-bond acceptors (Lipinski definition) is 4. The number of halogens is 1. The second kappa shape index (κ2) is 5.96. The summed E-state index contributed by atoms with van der Waals surface area (Å²) < 4.78 is 5.21. The molecule has 6 nitrogen and oxygen atoms in total. The molecule has 2 aliphatic carbocycles. The molecule has 7 heteroatoms. The van der Waals surface area contributed by atoms with Crippen molar-refractivity contribution in [2.45, 2.75) is 12.8 Å². The number of nitro groups is 1. The summed E-state index contributed by atoms with van der Waals surface area (Å²) in [5, 5.41) is 13.6. The summed E-state index contributed by atoms with van der Waals surface area (Å²) in [6.45, 7) is 0.332. The van der Waals surface area contributed by atoms with Crippen LogP contribution in [0.15, 0.2) is 30.4 Å². The van der Waals surface area contributed by atoms with Gasteiger partial charge in [0.05, 0.1) is 11.5 Å². The fourth-order valence-corrected chi connectivity index (χ4v) is 3.34. The second-order valence-electron chi connectivity index (χ2n) is 5.68. The zero-order valence-electron chi connectivity index (χ0n) is 11.7. The number of nitrogens with one attached hydrogen (secondary N) is 1. The smallest absolute Gasteiger partial charge is 0.411 e. The van der Waals surface area contributed by atoms with E-state index in [9.17, 15) is 14.9 Å². The van der Waals surface area contributed by atoms with Gasteiger partial charge in [-0.25, -0.2) is 4.79 Å². The molecular weight excluding hydrogens is 308 g/mol. The molecule has 2 aliphatic rings. The Morgan fingerprint density at radius 1 is 1.41 bits per heavy atom. The molecular formula is C15H15ClN2O4. The zero-order valence-corrected chi connectivity index (χ0v) is 12.5. The molecule has 1 aromatic carbocycles. The second-order valence-corrected chi connectivity index (χ2v) is 6.12. The molecule has 3 atom stereocenters. The number of nitrogens with zero attached hydrogens (tertiary/aromatic N) is 1. The Kier molecular flexibility index (Phi) is 4.02. The van der Waals surface area contributed by atoms with Crippen molar-refractivity contribution in [3.8, 4) is 0 Å². The van der Waals surface area contributed by atoms with Gasteiger partial charge in [-0.2, -0.15) is 0 Å². The minimum absolute atomic E-state index is 0.0761. The number of ether oxygens (including phenoxy) is 1. The highest BCUT2D eigenvalue weighted by Crippen LogP contribution is 2.43. The number of anilines is 1. The summed E-state index contributed by atoms with van der Waals surface area (Å²) in [5.41, 5.74) is -0.181. The Balaban J connectivity index is 1.58. The van der Waals surface area contributed by atoms with Gasteiger partial charge in [-0.15, -0.1) is 0 Å². The minimum atomic E-state index is -0.683. The summed E-state index contributed by atoms with van der Waals surface area (Å²) in [5.74, 6) is 1.45. The van der Waals surface area contributed by atoms with E-state index in [2.05, 4.69) is 17.5 Å². The first-order valence-electron chi connectivity index (χ1n) is 7.09. The molecule has 0 aromatic heterocycles. The summed E-state index contributed by atoms with van der Waals surface area (Å²) in [6, 6.07) is 4.06. The monoisotopic (exact) mass is 322 g/mol. The number of rotatable bonds is 4. The van der Waals surface area contributed by atoms with E-state index in [1.54, 1.807) is 0 Å². The number of hydrogen-bond donors (Lipinski definition) is 1. The van der Waals surface area contributed by atoms with Gasteiger partial charge in [0, 0.05) is 17.0 Å². The van der Waals surface area contributed by atoms with E-state index in [0.29, 0.717) is 24.4 Å². The lowest BCUT2D eigenvalue weighted by molar-refractivity contribution is -0.383. The highest BCUT2D eigenvalue weighted by Gasteiger charge is 2.36. The van der Waals surface area contributed by atoms with Crippen LogP contribution in [0.3, 0.4) is 0 Å². The van der Waals surface area contributed by atoms with Crippen molar-refractivity contribution in [3.63, 3.8) is 0 Å². The van der Waals surface area contributed by atoms with Crippen LogP contribution in [-0.2, 0) is 4.74 Å². The molecule has 0 heterocycles. The molecule has 2 bridgehead atoms. The lowest BCUT2D eigenvalue weighted by Gasteiger charge is -2.17. The first-order chi connectivity index (χ1) is 10.5. The van der Waals surface area contributed by atoms with Gasteiger partial charge in [0.1, 0.15) is 5.69 Å². The van der Waals surface area contributed by atoms with Crippen LogP contribution in [0.25, 0.3) is 0 Å². The first kappa shape index (κ1) is 14.8. The lowest BCUT2D eigenvalue weighted by Crippen LogP contribution is -2.21. The largest absolute Gasteiger partial charge is 0.449 e. The van der Waals surface area contributed by atoms with Crippen LogP contribution < -0.4 is 5.32 Å². The highest BCUT2D eigenvalue weighted by atomic mass is 35.5. The maximum Gasteiger partial charge on any atom is 0.411 e. The molecule has 22 heavy (non-hydrogen) atoms. The van der Waals surface area contributed by atoms with E-state index in [0.717, 1.165) is 12.8 Å². The summed E-state index contributed by atoms with van der Waals surface area (Å²) in [4.78, 5) is 22.2. The average molecular weight is 323 g/mol. The topological polar surface area (TPSA) is 81.5 Å². The molecule has 1 amide bonds. The molecule has 1 N–H and O–H groups in total. The van der Waals surface area contributed by atoms with Gasteiger partial charge in [-0.05, 0) is 36.8 Å². The number of carbonyl (C=O) groups excluding carboxylic acids is 1. The Bertz CT molecular complexity index is 646. The third kappa shape index (κ3) is 3.06. The van der Waals surface area contributed by atoms with Crippen molar-refractivity contribution in [2.75, 3.05) is 11.9 Å². The predicted molar refractivity (Wildman–Crippen MR) is 81.9 cm³/mol. The number of fused-ring (bicyclic) bond motifs is 2. The quantitative estimate of drug-likeness (QED) is 0.516. The Morgan fingerprint density at radius 2 is 2.23 bits per heavy atom. The zero-order chi connectivity index (χ0) is 15.7. The van der Waals surface area contributed by atoms with E-state index in [1.165, 1.54) is 18.2 Å². The van der Waals surface area contributed by atoms with Crippen molar-refractivity contribution >= 4 is 29.1 Å². The van der Waals surface area contributed by atoms with E-state index in [4.69, 9.17) is 16.3 Å². The Labute approximate surface area is 132 Å². The number of nitro benzene ring substituents is 1. The third-order valence-corrected chi connectivity index (χ3v) is 4.47. The van der Waals surface area contributed by atoms with Crippen molar-refractivity contribution in [2.24, 2.45) is 17.8 Å². The van der Waals surface area contributed by atoms with Crippen molar-refractivity contribution in [1.29, 1.82) is 0 Å². The van der Waals surface area contributed by atoms with Crippen LogP contribution >= 0.6 is 11.6 Å². The van der Waals surface area contributed by atoms with Crippen molar-refractivity contribution in [3.05, 3.63) is 45.5 Å². The van der Waals surface area contributed by atoms with E-state index >= 15 is 0 Å². The van der Waals surface area contributed by atoms with Crippen molar-refractivity contribution < 1.29 is 14.5 Å². The maximum absolute atomic E-state index is 11.8. The predicted octanol–water partition coefficient (Wildman–Crippen LogP) is 4.01. The maximum atomic E-state index is 11.8. The normalized spacial score (nSPS) is 25.2. The Hall–Kier alpha value is -2.08. The number of benzene rings is 1. The summed E-state index contributed by atoms with van der Waals surface area (Å²) in [7, 11) is 0. The molecule has 116 valence electrons. The van der Waals surface area contributed by atoms with Gasteiger partial charge in [0.25, 0.3) is 5.69 Å². The molecule has 0 spiro atoms. The molecule has 0 saturated heterocycles. The summed E-state index contributed by atoms with van der Waals surface area (Å²) in [6.07, 6.45) is 5.90. The number of allylic oxidation sites excluding steroid dienone is 2.